The van der Waals surface area contributed by atoms with E-state index in [0.717, 1.165) is 57.2 Å². The summed E-state index contributed by atoms with van der Waals surface area (Å²) in [4.78, 5) is 33.5. The number of benzene rings is 5. The molecule has 1 fully saturated rings. The number of aliphatic hydroxyl groups is 2. The van der Waals surface area contributed by atoms with E-state index in [9.17, 15) is 15.0 Å². The van der Waals surface area contributed by atoms with E-state index in [1.165, 1.54) is 5.19 Å². The van der Waals surface area contributed by atoms with Crippen molar-refractivity contribution in [2.24, 2.45) is 5.92 Å². The summed E-state index contributed by atoms with van der Waals surface area (Å²) in [5, 5.41) is 33.5. The molecule has 0 aliphatic carbocycles. The number of fused-ring (bicyclic) bond motifs is 3. The van der Waals surface area contributed by atoms with Crippen LogP contribution in [0.2, 0.25) is 18.6 Å². The van der Waals surface area contributed by atoms with Crippen LogP contribution in [-0.2, 0) is 39.4 Å². The van der Waals surface area contributed by atoms with E-state index in [1.807, 2.05) is 126 Å². The first-order chi connectivity index (χ1) is 33.5. The second-order valence-electron chi connectivity index (χ2n) is 19.1. The highest BCUT2D eigenvalue weighted by Gasteiger charge is 2.66. The third-order valence-corrected chi connectivity index (χ3v) is 19.1. The molecule has 6 atom stereocenters. The van der Waals surface area contributed by atoms with Gasteiger partial charge in [-0.1, -0.05) is 103 Å². The summed E-state index contributed by atoms with van der Waals surface area (Å²) in [6.45, 7) is 10.9. The highest BCUT2D eigenvalue weighted by molar-refractivity contribution is 6.91. The lowest BCUT2D eigenvalue weighted by atomic mass is 9.82. The molecule has 3 aliphatic heterocycles. The number of anilines is 3. The van der Waals surface area contributed by atoms with Gasteiger partial charge in [0.25, 0.3) is 5.91 Å². The molecule has 13 nitrogen and oxygen atoms in total. The Morgan fingerprint density at radius 3 is 2.36 bits per heavy atom. The monoisotopic (exact) mass is 948 g/mol. The largest absolute Gasteiger partial charge is 0.497 e. The number of rotatable bonds is 19. The summed E-state index contributed by atoms with van der Waals surface area (Å²) in [5.41, 5.74) is 5.66. The number of aliphatic hydroxyl groups excluding tert-OH is 2. The van der Waals surface area contributed by atoms with Crippen molar-refractivity contribution in [3.8, 4) is 11.5 Å². The van der Waals surface area contributed by atoms with Crippen molar-refractivity contribution in [1.29, 1.82) is 0 Å². The molecule has 2 amide bonds. The third kappa shape index (κ3) is 9.12. The molecule has 4 heterocycles. The minimum Gasteiger partial charge on any atom is -0.497 e. The molecule has 3 aliphatic rings. The van der Waals surface area contributed by atoms with E-state index in [4.69, 9.17) is 14.2 Å². The molecule has 0 radical (unpaired) electrons. The summed E-state index contributed by atoms with van der Waals surface area (Å²) in [7, 11) is -0.734. The molecule has 5 aromatic carbocycles. The molecule has 6 aromatic rings. The van der Waals surface area contributed by atoms with Crippen LogP contribution < -0.4 is 29.8 Å². The zero-order valence-electron chi connectivity index (χ0n) is 40.3. The SMILES string of the molecule is CCOc1ccc2c(c1)CC(NCCCCO)C(=O)N2c1ccc(CN2C(=O)[C@@]3(O[C@@H](CCn4cc(C(CO)c5ccccc5)nn4)[C@H]([Si](C)(C)c4ccc(OC)cc4)[C@H]3C)c3ccccc32)cc1. The summed E-state index contributed by atoms with van der Waals surface area (Å²) in [6, 6.07) is 39.7. The topological polar surface area (TPSA) is 152 Å². The van der Waals surface area contributed by atoms with E-state index in [1.54, 1.807) is 12.0 Å². The lowest BCUT2D eigenvalue weighted by molar-refractivity contribution is -0.146. The van der Waals surface area contributed by atoms with Crippen molar-refractivity contribution in [3.63, 3.8) is 0 Å². The van der Waals surface area contributed by atoms with Crippen LogP contribution in [0.25, 0.3) is 0 Å². The highest BCUT2D eigenvalue weighted by atomic mass is 28.3. The second kappa shape index (κ2) is 20.4. The van der Waals surface area contributed by atoms with Gasteiger partial charge in [0.05, 0.1) is 70.1 Å². The Morgan fingerprint density at radius 2 is 1.64 bits per heavy atom. The quantitative estimate of drug-likeness (QED) is 0.0547. The summed E-state index contributed by atoms with van der Waals surface area (Å²) in [6.07, 6.45) is 4.18. The van der Waals surface area contributed by atoms with Gasteiger partial charge in [-0.3, -0.25) is 19.2 Å². The van der Waals surface area contributed by atoms with Gasteiger partial charge in [-0.15, -0.1) is 5.10 Å². The number of para-hydroxylation sites is 1. The van der Waals surface area contributed by atoms with E-state index >= 15 is 4.79 Å². The van der Waals surface area contributed by atoms with Crippen LogP contribution in [0.5, 0.6) is 11.5 Å². The average Bonchev–Trinajstić information content (AvgIpc) is 4.03. The molecule has 360 valence electrons. The molecule has 69 heavy (non-hydrogen) atoms. The van der Waals surface area contributed by atoms with Gasteiger partial charge in [-0.25, -0.2) is 0 Å². The first-order valence-corrected chi connectivity index (χ1v) is 27.4. The maximum Gasteiger partial charge on any atom is 0.264 e. The molecule has 14 heteroatoms. The molecule has 0 bridgehead atoms. The number of methoxy groups -OCH3 is 1. The molecule has 0 saturated carbocycles. The standard InChI is InChI=1S/C55H64N6O7Si/c1-6-67-43-24-27-49-40(32-43)33-47(56-29-12-13-31-62)53(64)61(49)41-20-18-38(19-21-41)34-60-50-17-11-10-16-46(50)55(54(60)65)37(2)52(69(4,5)44-25-22-42(66-3)23-26-44)51(68-55)28-30-59-35-48(57-58-59)45(36-63)39-14-8-7-9-15-39/h7-11,14-27,32,35,37,45,47,51-52,56,62-63H,6,12-13,28-31,33-34,36H2,1-5H3/t37-,45?,47?,51+,52-,55+/m1/s1. The molecular weight excluding hydrogens is 885 g/mol. The number of unbranched alkanes of at least 4 members (excludes halogenated alkanes) is 1. The van der Waals surface area contributed by atoms with E-state index < -0.39 is 19.7 Å². The average molecular weight is 949 g/mol. The minimum atomic E-state index is -2.41. The number of carbonyl (C=O) groups is 2. The zero-order valence-corrected chi connectivity index (χ0v) is 41.3. The summed E-state index contributed by atoms with van der Waals surface area (Å²) >= 11 is 0. The van der Waals surface area contributed by atoms with Gasteiger partial charge >= 0.3 is 0 Å². The molecule has 2 unspecified atom stereocenters. The van der Waals surface area contributed by atoms with Crippen molar-refractivity contribution in [3.05, 3.63) is 155 Å². The molecule has 1 aromatic heterocycles. The Hall–Kier alpha value is -6.16. The Kier molecular flexibility index (Phi) is 14.2. The number of ether oxygens (including phenoxy) is 3. The Bertz CT molecular complexity index is 2730. The predicted octanol–water partition coefficient (Wildman–Crippen LogP) is 7.61. The van der Waals surface area contributed by atoms with Crippen molar-refractivity contribution in [2.75, 3.05) is 43.3 Å². The molecule has 1 spiro atoms. The fourth-order valence-electron chi connectivity index (χ4n) is 11.2. The van der Waals surface area contributed by atoms with Gasteiger partial charge in [0.15, 0.2) is 5.60 Å². The normalized spacial score (nSPS) is 21.4. The maximum atomic E-state index is 15.6. The smallest absolute Gasteiger partial charge is 0.264 e. The van der Waals surface area contributed by atoms with E-state index in [-0.39, 0.29) is 48.5 Å². The first-order valence-electron chi connectivity index (χ1n) is 24.3. The second-order valence-corrected chi connectivity index (χ2v) is 23.8. The van der Waals surface area contributed by atoms with Crippen LogP contribution in [-0.4, -0.2) is 90.7 Å². The van der Waals surface area contributed by atoms with Gasteiger partial charge in [-0.05, 0) is 110 Å². The Balaban J connectivity index is 1.01. The maximum absolute atomic E-state index is 15.6. The zero-order chi connectivity index (χ0) is 48.3. The van der Waals surface area contributed by atoms with E-state index in [0.29, 0.717) is 51.2 Å². The fourth-order valence-corrected chi connectivity index (χ4v) is 15.3. The number of amides is 2. The van der Waals surface area contributed by atoms with E-state index in [2.05, 4.69) is 53.8 Å². The molecule has 9 rings (SSSR count). The van der Waals surface area contributed by atoms with Crippen molar-refractivity contribution >= 4 is 42.1 Å². The number of carbonyl (C=O) groups excluding carboxylic acids is 2. The molecular formula is C55H64N6O7Si. The van der Waals surface area contributed by atoms with Gasteiger partial charge in [0.1, 0.15) is 11.5 Å². The minimum absolute atomic E-state index is 0.0298. The lowest BCUT2D eigenvalue weighted by Gasteiger charge is -2.37. The van der Waals surface area contributed by atoms with Crippen LogP contribution in [0.15, 0.2) is 128 Å². The third-order valence-electron chi connectivity index (χ3n) is 14.7. The van der Waals surface area contributed by atoms with Crippen molar-refractivity contribution < 1.29 is 34.0 Å². The van der Waals surface area contributed by atoms with Gasteiger partial charge in [0, 0.05) is 36.5 Å². The van der Waals surface area contributed by atoms with Crippen LogP contribution >= 0.6 is 0 Å². The highest BCUT2D eigenvalue weighted by Crippen LogP contribution is 2.60. The number of nitrogens with one attached hydrogen (secondary N) is 1. The van der Waals surface area contributed by atoms with Gasteiger partial charge in [-0.2, -0.15) is 0 Å². The number of aryl methyl sites for hydroxylation is 1. The lowest BCUT2D eigenvalue weighted by Crippen LogP contribution is -2.51. The predicted molar refractivity (Wildman–Crippen MR) is 270 cm³/mol. The first kappa shape index (κ1) is 47.9. The summed E-state index contributed by atoms with van der Waals surface area (Å²) in [5.74, 6) is 0.954. The van der Waals surface area contributed by atoms with Crippen LogP contribution in [0.3, 0.4) is 0 Å². The molecule has 3 N–H and O–H groups in total. The Morgan fingerprint density at radius 1 is 0.899 bits per heavy atom. The van der Waals surface area contributed by atoms with Gasteiger partial charge in [0.2, 0.25) is 5.91 Å². The van der Waals surface area contributed by atoms with Crippen molar-refractivity contribution in [2.45, 2.75) is 94.9 Å². The number of hydrogen-bond donors (Lipinski definition) is 3. The van der Waals surface area contributed by atoms with Crippen LogP contribution in [0, 0.1) is 5.92 Å². The fraction of sp³-hybridized carbons (Fsp3) is 0.382. The summed E-state index contributed by atoms with van der Waals surface area (Å²) < 4.78 is 20.7. The van der Waals surface area contributed by atoms with Crippen LogP contribution in [0.4, 0.5) is 17.1 Å². The van der Waals surface area contributed by atoms with Crippen LogP contribution in [0.1, 0.15) is 67.0 Å². The number of aromatic nitrogens is 3. The Labute approximate surface area is 406 Å². The van der Waals surface area contributed by atoms with Crippen molar-refractivity contribution in [1.82, 2.24) is 20.3 Å². The number of nitrogens with zero attached hydrogens (tertiary/aromatic N) is 5. The van der Waals surface area contributed by atoms with Gasteiger partial charge < -0.3 is 34.6 Å². The molecule has 1 saturated heterocycles. The number of hydrogen-bond acceptors (Lipinski definition) is 10.